The Kier molecular flexibility index (Phi) is 3.41. The first-order chi connectivity index (χ1) is 6.91. The van der Waals surface area contributed by atoms with Crippen LogP contribution in [0.2, 0.25) is 5.02 Å². The highest BCUT2D eigenvalue weighted by atomic mass is 35.5. The van der Waals surface area contributed by atoms with Gasteiger partial charge in [-0.25, -0.2) is 8.78 Å². The molecule has 0 radical (unpaired) electrons. The van der Waals surface area contributed by atoms with E-state index in [0.717, 1.165) is 12.3 Å². The van der Waals surface area contributed by atoms with E-state index in [9.17, 15) is 18.4 Å². The molecule has 0 unspecified atom stereocenters. The summed E-state index contributed by atoms with van der Waals surface area (Å²) in [6.45, 7) is -0.695. The molecule has 1 aromatic heterocycles. The third kappa shape index (κ3) is 2.76. The summed E-state index contributed by atoms with van der Waals surface area (Å²) >= 11 is 5.46. The number of carboxylic acids is 1. The zero-order valence-corrected chi connectivity index (χ0v) is 8.04. The van der Waals surface area contributed by atoms with Crippen molar-refractivity contribution >= 4 is 17.6 Å². The Morgan fingerprint density at radius 2 is 2.20 bits per heavy atom. The van der Waals surface area contributed by atoms with Crippen molar-refractivity contribution in [1.82, 2.24) is 4.57 Å². The number of halogens is 3. The third-order valence-corrected chi connectivity index (χ3v) is 1.83. The minimum absolute atomic E-state index is 0.105. The Bertz CT molecular complexity index is 444. The van der Waals surface area contributed by atoms with E-state index in [-0.39, 0.29) is 5.02 Å². The lowest BCUT2D eigenvalue weighted by Crippen LogP contribution is -2.26. The number of rotatable bonds is 3. The van der Waals surface area contributed by atoms with Gasteiger partial charge in [-0.2, -0.15) is 0 Å². The minimum atomic E-state index is -2.98. The van der Waals surface area contributed by atoms with Gasteiger partial charge in [-0.05, 0) is 6.07 Å². The van der Waals surface area contributed by atoms with Crippen molar-refractivity contribution in [2.45, 2.75) is 13.0 Å². The van der Waals surface area contributed by atoms with Gasteiger partial charge < -0.3 is 9.67 Å². The number of alkyl halides is 2. The Morgan fingerprint density at radius 1 is 1.60 bits per heavy atom. The van der Waals surface area contributed by atoms with Crippen molar-refractivity contribution in [3.63, 3.8) is 0 Å². The summed E-state index contributed by atoms with van der Waals surface area (Å²) in [5, 5.41) is 8.32. The standard InChI is InChI=1S/C8H6ClF2NO3/c9-4-1-5(7(10)11)8(15)12(2-4)3-6(13)14/h1-2,7H,3H2,(H,13,14). The van der Waals surface area contributed by atoms with Gasteiger partial charge in [0.1, 0.15) is 6.54 Å². The molecule has 4 nitrogen and oxygen atoms in total. The maximum Gasteiger partial charge on any atom is 0.323 e. The first kappa shape index (κ1) is 11.6. The van der Waals surface area contributed by atoms with E-state index >= 15 is 0 Å². The second kappa shape index (κ2) is 4.39. The van der Waals surface area contributed by atoms with Crippen LogP contribution in [0.3, 0.4) is 0 Å². The fraction of sp³-hybridized carbons (Fsp3) is 0.250. The average Bonchev–Trinajstić information content (AvgIpc) is 2.09. The first-order valence-electron chi connectivity index (χ1n) is 3.81. The summed E-state index contributed by atoms with van der Waals surface area (Å²) in [5.41, 5.74) is -1.85. The monoisotopic (exact) mass is 237 g/mol. The van der Waals surface area contributed by atoms with Crippen LogP contribution in [0.4, 0.5) is 8.78 Å². The SMILES string of the molecule is O=C(O)Cn1cc(Cl)cc(C(F)F)c1=O. The van der Waals surface area contributed by atoms with Gasteiger partial charge in [-0.15, -0.1) is 0 Å². The molecule has 0 amide bonds. The summed E-state index contributed by atoms with van der Waals surface area (Å²) < 4.78 is 25.2. The van der Waals surface area contributed by atoms with Crippen molar-refractivity contribution in [3.8, 4) is 0 Å². The normalized spacial score (nSPS) is 10.7. The van der Waals surface area contributed by atoms with Gasteiger partial charge in [0.15, 0.2) is 0 Å². The maximum absolute atomic E-state index is 12.3. The molecule has 7 heteroatoms. The van der Waals surface area contributed by atoms with Gasteiger partial charge in [-0.1, -0.05) is 11.6 Å². The Balaban J connectivity index is 3.28. The number of aliphatic carboxylic acids is 1. The van der Waals surface area contributed by atoms with Crippen molar-refractivity contribution in [2.24, 2.45) is 0 Å². The van der Waals surface area contributed by atoms with Crippen molar-refractivity contribution in [3.05, 3.63) is 33.2 Å². The van der Waals surface area contributed by atoms with Crippen LogP contribution >= 0.6 is 11.6 Å². The molecule has 1 heterocycles. The summed E-state index contributed by atoms with van der Waals surface area (Å²) in [6.07, 6.45) is -1.97. The molecule has 82 valence electrons. The molecule has 0 saturated carbocycles. The second-order valence-electron chi connectivity index (χ2n) is 2.74. The van der Waals surface area contributed by atoms with Crippen molar-refractivity contribution in [1.29, 1.82) is 0 Å². The number of nitrogens with zero attached hydrogens (tertiary/aromatic N) is 1. The zero-order chi connectivity index (χ0) is 11.6. The summed E-state index contributed by atoms with van der Waals surface area (Å²) in [7, 11) is 0. The highest BCUT2D eigenvalue weighted by Crippen LogP contribution is 2.18. The zero-order valence-electron chi connectivity index (χ0n) is 7.28. The number of aromatic nitrogens is 1. The van der Waals surface area contributed by atoms with Crippen LogP contribution in [0.15, 0.2) is 17.1 Å². The predicted octanol–water partition coefficient (Wildman–Crippen LogP) is 1.52. The molecule has 0 bridgehead atoms. The van der Waals surface area contributed by atoms with Crippen LogP contribution in [0.25, 0.3) is 0 Å². The minimum Gasteiger partial charge on any atom is -0.480 e. The van der Waals surface area contributed by atoms with Crippen LogP contribution in [0, 0.1) is 0 Å². The molecule has 0 atom stereocenters. The van der Waals surface area contributed by atoms with Gasteiger partial charge in [0.2, 0.25) is 0 Å². The molecule has 15 heavy (non-hydrogen) atoms. The van der Waals surface area contributed by atoms with E-state index < -0.39 is 30.1 Å². The van der Waals surface area contributed by atoms with Crippen molar-refractivity contribution < 1.29 is 18.7 Å². The molecule has 0 aliphatic carbocycles. The number of carbonyl (C=O) groups is 1. The highest BCUT2D eigenvalue weighted by Gasteiger charge is 2.16. The summed E-state index contributed by atoms with van der Waals surface area (Å²) in [5.74, 6) is -1.31. The van der Waals surface area contributed by atoms with Crippen LogP contribution in [0.5, 0.6) is 0 Å². The van der Waals surface area contributed by atoms with E-state index in [0.29, 0.717) is 4.57 Å². The fourth-order valence-corrected chi connectivity index (χ4v) is 1.28. The second-order valence-corrected chi connectivity index (χ2v) is 3.18. The van der Waals surface area contributed by atoms with Gasteiger partial charge in [-0.3, -0.25) is 9.59 Å². The average molecular weight is 238 g/mol. The quantitative estimate of drug-likeness (QED) is 0.867. The Morgan fingerprint density at radius 3 is 2.67 bits per heavy atom. The van der Waals surface area contributed by atoms with E-state index in [1.165, 1.54) is 0 Å². The van der Waals surface area contributed by atoms with Gasteiger partial charge in [0.05, 0.1) is 10.6 Å². The summed E-state index contributed by atoms with van der Waals surface area (Å²) in [6, 6.07) is 0.826. The van der Waals surface area contributed by atoms with Crippen molar-refractivity contribution in [2.75, 3.05) is 0 Å². The fourth-order valence-electron chi connectivity index (χ4n) is 1.04. The molecule has 0 spiro atoms. The Labute approximate surface area is 87.7 Å². The number of pyridine rings is 1. The smallest absolute Gasteiger partial charge is 0.323 e. The van der Waals surface area contributed by atoms with E-state index in [1.807, 2.05) is 0 Å². The third-order valence-electron chi connectivity index (χ3n) is 1.62. The lowest BCUT2D eigenvalue weighted by molar-refractivity contribution is -0.137. The molecular formula is C8H6ClF2NO3. The topological polar surface area (TPSA) is 59.3 Å². The molecule has 0 saturated heterocycles. The molecular weight excluding hydrogens is 232 g/mol. The molecule has 0 aromatic carbocycles. The van der Waals surface area contributed by atoms with Gasteiger partial charge >= 0.3 is 5.97 Å². The molecule has 1 aromatic rings. The predicted molar refractivity (Wildman–Crippen MR) is 48.3 cm³/mol. The number of carboxylic acid groups (broad SMARTS) is 1. The molecule has 0 aliphatic rings. The molecule has 0 aliphatic heterocycles. The number of hydrogen-bond donors (Lipinski definition) is 1. The number of hydrogen-bond acceptors (Lipinski definition) is 2. The molecule has 0 fully saturated rings. The first-order valence-corrected chi connectivity index (χ1v) is 4.19. The van der Waals surface area contributed by atoms with Gasteiger partial charge in [0.25, 0.3) is 12.0 Å². The maximum atomic E-state index is 12.3. The molecule has 1 rings (SSSR count). The van der Waals surface area contributed by atoms with E-state index in [1.54, 1.807) is 0 Å². The van der Waals surface area contributed by atoms with Crippen LogP contribution < -0.4 is 5.56 Å². The van der Waals surface area contributed by atoms with E-state index in [4.69, 9.17) is 16.7 Å². The van der Waals surface area contributed by atoms with E-state index in [2.05, 4.69) is 0 Å². The highest BCUT2D eigenvalue weighted by molar-refractivity contribution is 6.30. The lowest BCUT2D eigenvalue weighted by atomic mass is 10.3. The Hall–Kier alpha value is -1.43. The largest absolute Gasteiger partial charge is 0.480 e. The van der Waals surface area contributed by atoms with Gasteiger partial charge in [0, 0.05) is 6.20 Å². The van der Waals surface area contributed by atoms with Crippen LogP contribution in [-0.4, -0.2) is 15.6 Å². The van der Waals surface area contributed by atoms with Crippen LogP contribution in [0.1, 0.15) is 12.0 Å². The lowest BCUT2D eigenvalue weighted by Gasteiger charge is -2.06. The molecule has 1 N–H and O–H groups in total. The van der Waals surface area contributed by atoms with Crippen LogP contribution in [-0.2, 0) is 11.3 Å². The summed E-state index contributed by atoms with van der Waals surface area (Å²) in [4.78, 5) is 21.6.